The summed E-state index contributed by atoms with van der Waals surface area (Å²) in [5.74, 6) is -13.1. The van der Waals surface area contributed by atoms with Crippen molar-refractivity contribution in [2.75, 3.05) is 168 Å². The van der Waals surface area contributed by atoms with Gasteiger partial charge in [-0.3, -0.25) is 71.9 Å². The van der Waals surface area contributed by atoms with Crippen LogP contribution in [0, 0.1) is 0 Å². The summed E-state index contributed by atoms with van der Waals surface area (Å²) in [5, 5.41) is 36.6. The number of nitrogens with zero attached hydrogens (tertiary/aromatic N) is 7. The summed E-state index contributed by atoms with van der Waals surface area (Å²) < 4.78 is 0. The lowest BCUT2D eigenvalue weighted by Crippen LogP contribution is -2.53. The highest BCUT2D eigenvalue weighted by Crippen LogP contribution is 2.20. The minimum Gasteiger partial charge on any atom is -0.480 e. The number of thioether (sulfide) groups is 3. The lowest BCUT2D eigenvalue weighted by atomic mass is 10.3. The summed E-state index contributed by atoms with van der Waals surface area (Å²) in [6.45, 7) is 3.60. The van der Waals surface area contributed by atoms with Crippen molar-refractivity contribution in [3.8, 4) is 0 Å². The Morgan fingerprint density at radius 3 is 1.33 bits per heavy atom. The summed E-state index contributed by atoms with van der Waals surface area (Å²) in [7, 11) is 0. The van der Waals surface area contributed by atoms with Crippen LogP contribution in [0.1, 0.15) is 27.7 Å². The van der Waals surface area contributed by atoms with Crippen LogP contribution >= 0.6 is 35.3 Å². The molecule has 0 saturated carbocycles. The standard InChI is InChI=1S/C46H70N22O17S3.2C2H6/c47-25(19-86-22-28(48)69)41(82)58-15-35(76)54-11-31(72)50-9-29(70)52-13-33(74)56-17-37(78)60-26-20-87-23-39(80)65-1-5-67(6-2-65)45-62-44(49)63-46(64-45)68-7-3-66(4-8-68)40(81)24-88-21-27(43(84)85)61-38(79)18-57-34(75)14-53-30(71)10-51-32(73)12-55-36(77)16-59-42(26)83;2*1-2/h25-27H,1-24,47H2,(H2,48,69)(H,50,72)(H,51,73)(H,52,70)(H,53,71)(H,54,76)(H,55,77)(H,56,74)(H,57,75)(H,58,82)(H,59,83)(H,60,78)(H,61,79)(H,84,85)(H2,49,62,63,64);2*1-2H3/t25-,26-,27-;;/m0../s1. The quantitative estimate of drug-likeness (QED) is 0.0689. The number of anilines is 3. The number of rotatable bonds is 17. The minimum atomic E-state index is -1.43. The van der Waals surface area contributed by atoms with Gasteiger partial charge in [0, 0.05) is 69.6 Å². The van der Waals surface area contributed by atoms with E-state index in [-0.39, 0.29) is 103 Å². The summed E-state index contributed by atoms with van der Waals surface area (Å²) in [6.07, 6.45) is 0. The van der Waals surface area contributed by atoms with Gasteiger partial charge in [0.05, 0.1) is 88.7 Å². The van der Waals surface area contributed by atoms with E-state index in [1.165, 1.54) is 0 Å². The number of aromatic nitrogens is 3. The van der Waals surface area contributed by atoms with Crippen LogP contribution in [-0.2, 0) is 76.7 Å². The topological polar surface area (TPSA) is 567 Å². The zero-order chi connectivity index (χ0) is 68.7. The molecule has 19 N–H and O–H groups in total. The van der Waals surface area contributed by atoms with Gasteiger partial charge in [-0.2, -0.15) is 15.0 Å². The highest BCUT2D eigenvalue weighted by molar-refractivity contribution is 8.00. The van der Waals surface area contributed by atoms with Gasteiger partial charge < -0.3 is 106 Å². The number of carbonyl (C=O) groups excluding carboxylic acids is 15. The fourth-order valence-electron chi connectivity index (χ4n) is 7.41. The molecule has 6 heterocycles. The van der Waals surface area contributed by atoms with E-state index in [0.717, 1.165) is 35.3 Å². The van der Waals surface area contributed by atoms with E-state index in [0.29, 0.717) is 13.1 Å². The number of piperazine rings is 2. The average molecular weight is 1360 g/mol. The fourth-order valence-corrected chi connectivity index (χ4v) is 10.0. The van der Waals surface area contributed by atoms with Gasteiger partial charge in [0.2, 0.25) is 106 Å². The molecule has 512 valence electrons. The Kier molecular flexibility index (Phi) is 37.5. The normalized spacial score (nSPS) is 18.2. The Morgan fingerprint density at radius 1 is 0.543 bits per heavy atom. The molecule has 2 saturated heterocycles. The molecule has 42 heteroatoms. The number of aliphatic carboxylic acids is 1. The third kappa shape index (κ3) is 32.1. The zero-order valence-corrected chi connectivity index (χ0v) is 53.7. The maximum atomic E-state index is 13.5. The Labute approximate surface area is 541 Å². The fraction of sp³-hybridized carbons (Fsp3) is 0.620. The van der Waals surface area contributed by atoms with Crippen LogP contribution in [0.2, 0.25) is 0 Å². The maximum Gasteiger partial charge on any atom is 0.327 e. The number of nitrogen functional groups attached to an aromatic ring is 1. The molecule has 0 spiro atoms. The van der Waals surface area contributed by atoms with E-state index in [2.05, 4.69) is 78.8 Å². The second kappa shape index (κ2) is 43.6. The van der Waals surface area contributed by atoms with Gasteiger partial charge in [0.1, 0.15) is 12.1 Å². The molecule has 15 amide bonds. The van der Waals surface area contributed by atoms with Gasteiger partial charge in [-0.05, 0) is 0 Å². The summed E-state index contributed by atoms with van der Waals surface area (Å²) in [5.41, 5.74) is 16.8. The largest absolute Gasteiger partial charge is 0.480 e. The van der Waals surface area contributed by atoms with Crippen molar-refractivity contribution < 1.29 is 81.8 Å². The van der Waals surface area contributed by atoms with Crippen molar-refractivity contribution in [1.29, 1.82) is 0 Å². The first-order valence-electron chi connectivity index (χ1n) is 28.7. The molecular weight excluding hydrogens is 1280 g/mol. The number of carbonyl (C=O) groups is 16. The van der Waals surface area contributed by atoms with E-state index < -0.39 is 166 Å². The monoisotopic (exact) mass is 1360 g/mol. The van der Waals surface area contributed by atoms with Crippen molar-refractivity contribution in [3.63, 3.8) is 0 Å². The number of carboxylic acids is 1. The lowest BCUT2D eigenvalue weighted by molar-refractivity contribution is -0.141. The van der Waals surface area contributed by atoms with E-state index in [9.17, 15) is 81.8 Å². The van der Waals surface area contributed by atoms with Gasteiger partial charge in [-0.15, -0.1) is 35.3 Å². The van der Waals surface area contributed by atoms with Gasteiger partial charge >= 0.3 is 5.97 Å². The Hall–Kier alpha value is -9.06. The minimum absolute atomic E-state index is 0.0560. The molecule has 0 aliphatic carbocycles. The summed E-state index contributed by atoms with van der Waals surface area (Å²) in [6, 6.07) is -3.89. The molecule has 0 radical (unpaired) electrons. The molecule has 1 aromatic rings. The van der Waals surface area contributed by atoms with Crippen LogP contribution in [0.15, 0.2) is 0 Å². The first kappa shape index (κ1) is 79.0. The maximum absolute atomic E-state index is 13.5. The molecule has 6 rings (SSSR count). The number of nitrogens with one attached hydrogen (secondary N) is 12. The van der Waals surface area contributed by atoms with Gasteiger partial charge in [0.15, 0.2) is 0 Å². The molecule has 0 aromatic carbocycles. The Bertz CT molecular complexity index is 2760. The second-order valence-electron chi connectivity index (χ2n) is 18.9. The molecule has 0 unspecified atom stereocenters. The van der Waals surface area contributed by atoms with Gasteiger partial charge in [-0.25, -0.2) is 4.79 Å². The SMILES string of the molecule is CC.CC.NC(=O)CSC[C@H](N)C(=O)NCC(=O)NCC(=O)NCC(=O)NCC(=O)NCC(=O)N[C@H]1CSCC(=O)N2CCN(CC2)c2nc(N)nc(n2)N2CCN(CC2)C(=O)CSC[C@@H](C(=O)O)NC(=O)CNC(=O)CNC(=O)CNC(=O)CNC(=O)CNC1=O. The predicted molar refractivity (Wildman–Crippen MR) is 335 cm³/mol. The highest BCUT2D eigenvalue weighted by atomic mass is 32.2. The van der Waals surface area contributed by atoms with Crippen LogP contribution in [0.4, 0.5) is 17.8 Å². The molecular formula is C50H82N22O17S3. The van der Waals surface area contributed by atoms with E-state index >= 15 is 0 Å². The van der Waals surface area contributed by atoms with Crippen molar-refractivity contribution in [2.24, 2.45) is 11.5 Å². The summed E-state index contributed by atoms with van der Waals surface area (Å²) in [4.78, 5) is 219. The molecule has 3 atom stereocenters. The first-order valence-corrected chi connectivity index (χ1v) is 32.2. The summed E-state index contributed by atoms with van der Waals surface area (Å²) >= 11 is 2.96. The van der Waals surface area contributed by atoms with E-state index in [1.807, 2.05) is 32.6 Å². The number of carboxylic acid groups (broad SMARTS) is 1. The average Bonchev–Trinajstić information content (AvgIpc) is 0.908. The number of nitrogens with two attached hydrogens (primary N) is 3. The third-order valence-electron chi connectivity index (χ3n) is 12.1. The first-order chi connectivity index (χ1) is 43.8. The molecule has 6 bridgehead atoms. The van der Waals surface area contributed by atoms with Crippen LogP contribution in [0.25, 0.3) is 0 Å². The molecule has 1 aromatic heterocycles. The lowest BCUT2D eigenvalue weighted by Gasteiger charge is -2.36. The molecule has 5 aliphatic rings. The number of primary amides is 1. The molecule has 2 fully saturated rings. The van der Waals surface area contributed by atoms with Crippen molar-refractivity contribution in [1.82, 2.24) is 88.6 Å². The van der Waals surface area contributed by atoms with Crippen LogP contribution in [0.3, 0.4) is 0 Å². The van der Waals surface area contributed by atoms with Gasteiger partial charge in [-0.1, -0.05) is 27.7 Å². The van der Waals surface area contributed by atoms with E-state index in [1.54, 1.807) is 14.7 Å². The van der Waals surface area contributed by atoms with E-state index in [4.69, 9.17) is 17.2 Å². The number of hydrogen-bond donors (Lipinski definition) is 16. The number of amides is 15. The number of hydrogen-bond acceptors (Lipinski definition) is 26. The number of fused-ring (bicyclic) bond motifs is 2. The highest BCUT2D eigenvalue weighted by Gasteiger charge is 2.29. The van der Waals surface area contributed by atoms with Crippen LogP contribution < -0.4 is 90.8 Å². The predicted octanol–water partition coefficient (Wildman–Crippen LogP) is -11.0. The van der Waals surface area contributed by atoms with Crippen LogP contribution in [0.5, 0.6) is 0 Å². The van der Waals surface area contributed by atoms with Gasteiger partial charge in [0.25, 0.3) is 0 Å². The van der Waals surface area contributed by atoms with Crippen molar-refractivity contribution in [3.05, 3.63) is 0 Å². The van der Waals surface area contributed by atoms with Crippen molar-refractivity contribution in [2.45, 2.75) is 45.8 Å². The van der Waals surface area contributed by atoms with Crippen LogP contribution in [-0.4, -0.2) is 295 Å². The third-order valence-corrected chi connectivity index (χ3v) is 15.2. The Morgan fingerprint density at radius 2 is 0.913 bits per heavy atom. The van der Waals surface area contributed by atoms with Crippen molar-refractivity contribution >= 4 is 148 Å². The smallest absolute Gasteiger partial charge is 0.327 e. The molecule has 92 heavy (non-hydrogen) atoms. The second-order valence-corrected chi connectivity index (χ2v) is 22.0. The molecule has 39 nitrogen and oxygen atoms in total. The Balaban J connectivity index is 0.00000706. The molecule has 5 aliphatic heterocycles. The zero-order valence-electron chi connectivity index (χ0n) is 51.3.